The van der Waals surface area contributed by atoms with E-state index in [4.69, 9.17) is 9.72 Å². The molecule has 4 rings (SSSR count). The fourth-order valence-corrected chi connectivity index (χ4v) is 4.05. The van der Waals surface area contributed by atoms with Gasteiger partial charge in [-0.05, 0) is 51.0 Å². The van der Waals surface area contributed by atoms with E-state index in [1.54, 1.807) is 13.3 Å². The summed E-state index contributed by atoms with van der Waals surface area (Å²) in [7, 11) is 1.71. The Kier molecular flexibility index (Phi) is 6.30. The minimum Gasteiger partial charge on any atom is -0.395 e. The van der Waals surface area contributed by atoms with E-state index in [-0.39, 0.29) is 12.2 Å². The van der Waals surface area contributed by atoms with Crippen molar-refractivity contribution in [1.82, 2.24) is 19.7 Å². The van der Waals surface area contributed by atoms with Gasteiger partial charge < -0.3 is 20.5 Å². The molecule has 1 atom stereocenters. The minimum atomic E-state index is -0.453. The molecule has 9 nitrogen and oxygen atoms in total. The third-order valence-corrected chi connectivity index (χ3v) is 6.48. The van der Waals surface area contributed by atoms with E-state index >= 15 is 0 Å². The van der Waals surface area contributed by atoms with Crippen molar-refractivity contribution in [3.63, 3.8) is 0 Å². The van der Waals surface area contributed by atoms with Crippen molar-refractivity contribution in [2.75, 3.05) is 30.9 Å². The first-order chi connectivity index (χ1) is 16.2. The smallest absolute Gasteiger partial charge is 0.228 e. The van der Waals surface area contributed by atoms with Crippen molar-refractivity contribution in [1.29, 1.82) is 5.26 Å². The summed E-state index contributed by atoms with van der Waals surface area (Å²) in [6.07, 6.45) is 2.49. The second-order valence-corrected chi connectivity index (χ2v) is 9.63. The number of nitrogens with one attached hydrogen (secondary N) is 2. The molecule has 0 amide bonds. The van der Waals surface area contributed by atoms with Crippen LogP contribution in [-0.2, 0) is 16.7 Å². The number of hydrogen-bond acceptors (Lipinski definition) is 8. The number of anilines is 3. The van der Waals surface area contributed by atoms with Crippen LogP contribution in [0.4, 0.5) is 17.5 Å². The van der Waals surface area contributed by atoms with Crippen molar-refractivity contribution in [3.05, 3.63) is 47.3 Å². The maximum atomic E-state index is 9.97. The molecule has 3 aromatic rings. The number of fused-ring (bicyclic) bond motifs is 1. The number of hydrogen-bond donors (Lipinski definition) is 3. The summed E-state index contributed by atoms with van der Waals surface area (Å²) in [6.45, 7) is 9.27. The maximum absolute atomic E-state index is 9.97. The molecule has 1 aliphatic heterocycles. The Bertz CT molecular complexity index is 1240. The van der Waals surface area contributed by atoms with E-state index in [0.717, 1.165) is 34.7 Å². The molecule has 0 bridgehead atoms. The van der Waals surface area contributed by atoms with E-state index in [1.165, 1.54) is 0 Å². The topological polar surface area (TPSA) is 121 Å². The minimum absolute atomic E-state index is 0.0128. The third kappa shape index (κ3) is 4.60. The number of aliphatic hydroxyl groups excluding tert-OH is 1. The molecule has 34 heavy (non-hydrogen) atoms. The fourth-order valence-electron chi connectivity index (χ4n) is 4.05. The second-order valence-electron chi connectivity index (χ2n) is 9.63. The molecule has 3 N–H and O–H groups in total. The largest absolute Gasteiger partial charge is 0.395 e. The molecular formula is C25H31N7O2. The van der Waals surface area contributed by atoms with E-state index < -0.39 is 5.41 Å². The summed E-state index contributed by atoms with van der Waals surface area (Å²) in [5.74, 6) is 1.23. The average Bonchev–Trinajstić information content (AvgIpc) is 3.36. The van der Waals surface area contributed by atoms with Crippen LogP contribution in [0.5, 0.6) is 0 Å². The number of aliphatic hydroxyl groups is 1. The van der Waals surface area contributed by atoms with Crippen LogP contribution in [-0.4, -0.2) is 50.7 Å². The van der Waals surface area contributed by atoms with Gasteiger partial charge in [-0.15, -0.1) is 0 Å². The predicted molar refractivity (Wildman–Crippen MR) is 131 cm³/mol. The number of aromatic nitrogens is 4. The molecule has 2 aromatic heterocycles. The highest BCUT2D eigenvalue weighted by Crippen LogP contribution is 2.41. The number of ether oxygens (including phenoxy) is 1. The van der Waals surface area contributed by atoms with Crippen LogP contribution >= 0.6 is 0 Å². The molecule has 1 aliphatic rings. The quantitative estimate of drug-likeness (QED) is 0.464. The lowest BCUT2D eigenvalue weighted by atomic mass is 9.83. The van der Waals surface area contributed by atoms with Crippen LogP contribution in [0.15, 0.2) is 30.5 Å². The number of nitrogens with zero attached hydrogens (tertiary/aromatic N) is 5. The molecule has 9 heteroatoms. The molecule has 3 heterocycles. The van der Waals surface area contributed by atoms with Gasteiger partial charge in [0.15, 0.2) is 0 Å². The number of methoxy groups -OCH3 is 1. The molecule has 0 spiro atoms. The zero-order chi connectivity index (χ0) is 24.5. The van der Waals surface area contributed by atoms with Gasteiger partial charge in [-0.2, -0.15) is 10.4 Å². The Balaban J connectivity index is 1.64. The fraction of sp³-hybridized carbons (Fsp3) is 0.440. The van der Waals surface area contributed by atoms with Crippen molar-refractivity contribution in [2.45, 2.75) is 51.7 Å². The Morgan fingerprint density at radius 1 is 1.35 bits per heavy atom. The highest BCUT2D eigenvalue weighted by atomic mass is 16.5. The highest BCUT2D eigenvalue weighted by Gasteiger charge is 2.36. The van der Waals surface area contributed by atoms with Crippen LogP contribution in [0.25, 0.3) is 11.3 Å². The zero-order valence-corrected chi connectivity index (χ0v) is 20.3. The monoisotopic (exact) mass is 461 g/mol. The van der Waals surface area contributed by atoms with Crippen molar-refractivity contribution < 1.29 is 9.84 Å². The van der Waals surface area contributed by atoms with Gasteiger partial charge in [0.1, 0.15) is 11.9 Å². The molecule has 0 unspecified atom stereocenters. The second kappa shape index (κ2) is 9.05. The van der Waals surface area contributed by atoms with Crippen LogP contribution in [0.1, 0.15) is 44.0 Å². The van der Waals surface area contributed by atoms with Gasteiger partial charge in [0.25, 0.3) is 0 Å². The maximum Gasteiger partial charge on any atom is 0.228 e. The van der Waals surface area contributed by atoms with Crippen molar-refractivity contribution in [3.8, 4) is 17.3 Å². The summed E-state index contributed by atoms with van der Waals surface area (Å²) in [5.41, 5.74) is 3.92. The van der Waals surface area contributed by atoms with E-state index in [0.29, 0.717) is 30.3 Å². The van der Waals surface area contributed by atoms with Gasteiger partial charge in [0.2, 0.25) is 5.95 Å². The molecule has 0 saturated carbocycles. The lowest BCUT2D eigenvalue weighted by Gasteiger charge is -2.23. The molecule has 1 aromatic carbocycles. The molecular weight excluding hydrogens is 430 g/mol. The Morgan fingerprint density at radius 2 is 2.15 bits per heavy atom. The molecule has 0 radical (unpaired) electrons. The van der Waals surface area contributed by atoms with E-state index in [9.17, 15) is 10.4 Å². The number of aryl methyl sites for hydroxylation is 2. The molecule has 0 saturated heterocycles. The zero-order valence-electron chi connectivity index (χ0n) is 20.3. The van der Waals surface area contributed by atoms with Gasteiger partial charge >= 0.3 is 0 Å². The summed E-state index contributed by atoms with van der Waals surface area (Å²) in [6, 6.07) is 9.86. The van der Waals surface area contributed by atoms with Gasteiger partial charge in [-0.25, -0.2) is 14.6 Å². The lowest BCUT2D eigenvalue weighted by Crippen LogP contribution is -2.28. The van der Waals surface area contributed by atoms with Gasteiger partial charge in [0.05, 0.1) is 34.8 Å². The predicted octanol–water partition coefficient (Wildman–Crippen LogP) is 3.75. The van der Waals surface area contributed by atoms with Crippen LogP contribution in [0.2, 0.25) is 0 Å². The van der Waals surface area contributed by atoms with Crippen molar-refractivity contribution in [2.24, 2.45) is 0 Å². The lowest BCUT2D eigenvalue weighted by molar-refractivity contribution is 0.0114. The normalized spacial score (nSPS) is 17.2. The SMILES string of the molecule is COC(C)(C)CCn1nc(C)cc1Nc1nccc(-c2cc(C#N)c3c(c2)[C@@](C)(CO)CN3)n1. The summed E-state index contributed by atoms with van der Waals surface area (Å²) >= 11 is 0. The Hall–Kier alpha value is -3.48. The molecule has 0 aliphatic carbocycles. The summed E-state index contributed by atoms with van der Waals surface area (Å²) in [4.78, 5) is 9.10. The molecule has 178 valence electrons. The number of benzene rings is 1. The average molecular weight is 462 g/mol. The van der Waals surface area contributed by atoms with Gasteiger partial charge in [-0.3, -0.25) is 0 Å². The number of rotatable bonds is 8. The van der Waals surface area contributed by atoms with E-state index in [1.807, 2.05) is 56.6 Å². The first-order valence-corrected chi connectivity index (χ1v) is 11.3. The summed E-state index contributed by atoms with van der Waals surface area (Å²) in [5, 5.41) is 30.8. The van der Waals surface area contributed by atoms with E-state index in [2.05, 4.69) is 26.8 Å². The van der Waals surface area contributed by atoms with Crippen LogP contribution < -0.4 is 10.6 Å². The first kappa shape index (κ1) is 23.7. The Morgan fingerprint density at radius 3 is 2.85 bits per heavy atom. The number of nitriles is 1. The highest BCUT2D eigenvalue weighted by molar-refractivity contribution is 5.76. The standard InChI is InChI=1S/C25H31N7O2/c1-16-10-21(32(31-16)9-7-24(2,3)34-5)30-23-27-8-6-20(29-23)17-11-18(13-26)22-19(12-17)25(4,15-33)14-28-22/h6,8,10-12,28,33H,7,9,14-15H2,1-5H3,(H,27,29,30)/t25-/m1/s1. The Labute approximate surface area is 199 Å². The first-order valence-electron chi connectivity index (χ1n) is 11.3. The summed E-state index contributed by atoms with van der Waals surface area (Å²) < 4.78 is 7.43. The van der Waals surface area contributed by atoms with Crippen molar-refractivity contribution >= 4 is 17.5 Å². The molecule has 0 fully saturated rings. The van der Waals surface area contributed by atoms with Crippen LogP contribution in [0, 0.1) is 18.3 Å². The third-order valence-electron chi connectivity index (χ3n) is 6.48. The van der Waals surface area contributed by atoms with Gasteiger partial charge in [-0.1, -0.05) is 6.92 Å². The van der Waals surface area contributed by atoms with Crippen LogP contribution in [0.3, 0.4) is 0 Å². The van der Waals surface area contributed by atoms with Gasteiger partial charge in [0, 0.05) is 43.4 Å².